The van der Waals surface area contributed by atoms with Crippen molar-refractivity contribution >= 4 is 27.8 Å². The summed E-state index contributed by atoms with van der Waals surface area (Å²) >= 11 is 3.15. The van der Waals surface area contributed by atoms with E-state index in [-0.39, 0.29) is 12.5 Å². The number of esters is 1. The Bertz CT molecular complexity index is 434. The van der Waals surface area contributed by atoms with Crippen LogP contribution < -0.4 is 5.32 Å². The van der Waals surface area contributed by atoms with E-state index in [4.69, 9.17) is 0 Å². The fourth-order valence-corrected chi connectivity index (χ4v) is 1.89. The van der Waals surface area contributed by atoms with Crippen LogP contribution in [0.15, 0.2) is 24.3 Å². The molecular weight excluding hydrogens is 298 g/mol. The first-order valence-electron chi connectivity index (χ1n) is 5.68. The van der Waals surface area contributed by atoms with Gasteiger partial charge in [0.1, 0.15) is 4.83 Å². The summed E-state index contributed by atoms with van der Waals surface area (Å²) in [6.07, 6.45) is 0.790. The topological polar surface area (TPSA) is 55.4 Å². The molecule has 0 aliphatic rings. The molecule has 1 amide bonds. The van der Waals surface area contributed by atoms with Gasteiger partial charge >= 0.3 is 5.97 Å². The minimum Gasteiger partial charge on any atom is -0.468 e. The molecule has 1 aromatic carbocycles. The van der Waals surface area contributed by atoms with E-state index in [1.807, 2.05) is 25.1 Å². The molecule has 0 aromatic heterocycles. The van der Waals surface area contributed by atoms with Gasteiger partial charge in [-0.25, -0.2) is 0 Å². The average Bonchev–Trinajstić information content (AvgIpc) is 2.43. The second kappa shape index (κ2) is 7.16. The van der Waals surface area contributed by atoms with Gasteiger partial charge in [0.05, 0.1) is 7.11 Å². The van der Waals surface area contributed by atoms with Crippen molar-refractivity contribution in [2.75, 3.05) is 13.7 Å². The van der Waals surface area contributed by atoms with Crippen LogP contribution in [0.4, 0.5) is 0 Å². The molecule has 18 heavy (non-hydrogen) atoms. The largest absolute Gasteiger partial charge is 0.468 e. The van der Waals surface area contributed by atoms with Gasteiger partial charge in [0.2, 0.25) is 0 Å². The first-order chi connectivity index (χ1) is 8.60. The molecule has 1 unspecified atom stereocenters. The lowest BCUT2D eigenvalue weighted by molar-refractivity contribution is -0.139. The van der Waals surface area contributed by atoms with Gasteiger partial charge in [0.25, 0.3) is 5.91 Å². The van der Waals surface area contributed by atoms with Crippen molar-refractivity contribution in [1.29, 1.82) is 0 Å². The zero-order valence-corrected chi connectivity index (χ0v) is 12.0. The molecule has 0 aliphatic heterocycles. The van der Waals surface area contributed by atoms with Crippen LogP contribution in [0.25, 0.3) is 0 Å². The van der Waals surface area contributed by atoms with Crippen LogP contribution in [-0.2, 0) is 16.0 Å². The Labute approximate surface area is 115 Å². The first-order valence-corrected chi connectivity index (χ1v) is 6.59. The third-order valence-corrected chi connectivity index (χ3v) is 3.24. The summed E-state index contributed by atoms with van der Waals surface area (Å²) in [7, 11) is 1.31. The lowest BCUT2D eigenvalue weighted by atomic mass is 10.0. The fourth-order valence-electron chi connectivity index (χ4n) is 1.54. The molecule has 1 atom stereocenters. The van der Waals surface area contributed by atoms with Crippen LogP contribution in [0.2, 0.25) is 0 Å². The fraction of sp³-hybridized carbons (Fsp3) is 0.385. The first kappa shape index (κ1) is 14.7. The third-order valence-electron chi connectivity index (χ3n) is 2.54. The van der Waals surface area contributed by atoms with Crippen LogP contribution in [0.3, 0.4) is 0 Å². The van der Waals surface area contributed by atoms with Crippen LogP contribution in [0.5, 0.6) is 0 Å². The lowest BCUT2D eigenvalue weighted by Gasteiger charge is -2.11. The molecule has 1 N–H and O–H groups in total. The van der Waals surface area contributed by atoms with Gasteiger partial charge in [0.15, 0.2) is 0 Å². The maximum absolute atomic E-state index is 12.0. The zero-order valence-electron chi connectivity index (χ0n) is 10.4. The molecular formula is C13H16BrNO3. The van der Waals surface area contributed by atoms with Crippen LogP contribution in [0, 0.1) is 0 Å². The number of hydrogen-bond donors (Lipinski definition) is 1. The van der Waals surface area contributed by atoms with Gasteiger partial charge in [-0.05, 0) is 18.1 Å². The van der Waals surface area contributed by atoms with Crippen molar-refractivity contribution < 1.29 is 14.3 Å². The molecule has 0 spiro atoms. The highest BCUT2D eigenvalue weighted by atomic mass is 79.9. The number of carbonyl (C=O) groups is 2. The van der Waals surface area contributed by atoms with Crippen LogP contribution in [-0.4, -0.2) is 30.4 Å². The molecule has 1 rings (SSSR count). The number of nitrogens with one attached hydrogen (secondary N) is 1. The summed E-state index contributed by atoms with van der Waals surface area (Å²) < 4.78 is 4.56. The standard InChI is InChI=1S/C13H16BrNO3/c1-3-9-6-4-5-7-10(9)12(16)15-8-11(14)13(17)18-2/h4-7,11H,3,8H2,1-2H3,(H,15,16). The normalized spacial score (nSPS) is 11.7. The number of amides is 1. The zero-order chi connectivity index (χ0) is 13.5. The monoisotopic (exact) mass is 313 g/mol. The summed E-state index contributed by atoms with van der Waals surface area (Å²) in [5.74, 6) is -0.583. The quantitative estimate of drug-likeness (QED) is 0.667. The Balaban J connectivity index is 2.63. The van der Waals surface area contributed by atoms with Crippen molar-refractivity contribution in [3.05, 3.63) is 35.4 Å². The average molecular weight is 314 g/mol. The minimum absolute atomic E-state index is 0.180. The van der Waals surface area contributed by atoms with E-state index < -0.39 is 10.8 Å². The van der Waals surface area contributed by atoms with E-state index >= 15 is 0 Å². The van der Waals surface area contributed by atoms with E-state index in [0.29, 0.717) is 5.56 Å². The molecule has 4 nitrogen and oxygen atoms in total. The highest BCUT2D eigenvalue weighted by molar-refractivity contribution is 9.10. The van der Waals surface area contributed by atoms with E-state index in [1.54, 1.807) is 6.07 Å². The maximum atomic E-state index is 12.0. The summed E-state index contributed by atoms with van der Waals surface area (Å²) in [5, 5.41) is 2.70. The van der Waals surface area contributed by atoms with E-state index in [0.717, 1.165) is 12.0 Å². The Hall–Kier alpha value is -1.36. The molecule has 0 fully saturated rings. The number of ether oxygens (including phenoxy) is 1. The molecule has 98 valence electrons. The summed E-state index contributed by atoms with van der Waals surface area (Å²) in [5.41, 5.74) is 1.63. The number of benzene rings is 1. The van der Waals surface area contributed by atoms with Crippen molar-refractivity contribution in [1.82, 2.24) is 5.32 Å². The number of alkyl halides is 1. The predicted octanol–water partition coefficient (Wildman–Crippen LogP) is 1.92. The second-order valence-electron chi connectivity index (χ2n) is 3.71. The van der Waals surface area contributed by atoms with Crippen LogP contribution in [0.1, 0.15) is 22.8 Å². The molecule has 0 bridgehead atoms. The van der Waals surface area contributed by atoms with Gasteiger partial charge < -0.3 is 10.1 Å². The van der Waals surface area contributed by atoms with Gasteiger partial charge in [-0.1, -0.05) is 41.1 Å². The molecule has 0 radical (unpaired) electrons. The highest BCUT2D eigenvalue weighted by Crippen LogP contribution is 2.09. The summed E-state index contributed by atoms with van der Waals surface area (Å²) in [6, 6.07) is 7.41. The summed E-state index contributed by atoms with van der Waals surface area (Å²) in [6.45, 7) is 2.19. The number of aryl methyl sites for hydroxylation is 1. The molecule has 0 heterocycles. The number of hydrogen-bond acceptors (Lipinski definition) is 3. The number of rotatable bonds is 5. The van der Waals surface area contributed by atoms with Crippen LogP contribution >= 0.6 is 15.9 Å². The molecule has 1 aromatic rings. The number of carbonyl (C=O) groups excluding carboxylic acids is 2. The Morgan fingerprint density at radius 3 is 2.67 bits per heavy atom. The molecule has 0 aliphatic carbocycles. The molecule has 5 heteroatoms. The SMILES string of the molecule is CCc1ccccc1C(=O)NCC(Br)C(=O)OC. The maximum Gasteiger partial charge on any atom is 0.321 e. The van der Waals surface area contributed by atoms with Gasteiger partial charge in [-0.15, -0.1) is 0 Å². The Kier molecular flexibility index (Phi) is 5.85. The number of methoxy groups -OCH3 is 1. The predicted molar refractivity (Wildman–Crippen MR) is 72.9 cm³/mol. The molecule has 0 saturated heterocycles. The van der Waals surface area contributed by atoms with E-state index in [2.05, 4.69) is 26.0 Å². The molecule has 0 saturated carbocycles. The third kappa shape index (κ3) is 3.84. The second-order valence-corrected chi connectivity index (χ2v) is 4.82. The van der Waals surface area contributed by atoms with Gasteiger partial charge in [-0.3, -0.25) is 9.59 Å². The van der Waals surface area contributed by atoms with Gasteiger partial charge in [-0.2, -0.15) is 0 Å². The Morgan fingerprint density at radius 1 is 1.39 bits per heavy atom. The Morgan fingerprint density at radius 2 is 2.06 bits per heavy atom. The van der Waals surface area contributed by atoms with E-state index in [9.17, 15) is 9.59 Å². The van der Waals surface area contributed by atoms with Crippen molar-refractivity contribution in [3.8, 4) is 0 Å². The van der Waals surface area contributed by atoms with Crippen molar-refractivity contribution in [3.63, 3.8) is 0 Å². The van der Waals surface area contributed by atoms with Gasteiger partial charge in [0, 0.05) is 12.1 Å². The smallest absolute Gasteiger partial charge is 0.321 e. The highest BCUT2D eigenvalue weighted by Gasteiger charge is 2.17. The van der Waals surface area contributed by atoms with Crippen molar-refractivity contribution in [2.24, 2.45) is 0 Å². The number of halogens is 1. The van der Waals surface area contributed by atoms with E-state index in [1.165, 1.54) is 7.11 Å². The minimum atomic E-state index is -0.528. The lowest BCUT2D eigenvalue weighted by Crippen LogP contribution is -2.34. The summed E-state index contributed by atoms with van der Waals surface area (Å²) in [4.78, 5) is 22.6. The van der Waals surface area contributed by atoms with Crippen molar-refractivity contribution in [2.45, 2.75) is 18.2 Å².